The summed E-state index contributed by atoms with van der Waals surface area (Å²) < 4.78 is 19.6. The molecule has 21 heavy (non-hydrogen) atoms. The summed E-state index contributed by atoms with van der Waals surface area (Å²) in [5.74, 6) is 0.127. The van der Waals surface area contributed by atoms with Gasteiger partial charge < -0.3 is 10.2 Å². The van der Waals surface area contributed by atoms with Crippen molar-refractivity contribution in [2.45, 2.75) is 0 Å². The minimum atomic E-state index is -0.440. The monoisotopic (exact) mass is 303 g/mol. The van der Waals surface area contributed by atoms with Gasteiger partial charge in [0.2, 0.25) is 5.89 Å². The number of amidine groups is 1. The molecule has 1 aromatic heterocycles. The Morgan fingerprint density at radius 2 is 2.10 bits per heavy atom. The number of aliphatic imine (C=N–C) groups is 1. The number of hydrogen-bond donors (Lipinski definition) is 1. The number of benzene rings is 2. The van der Waals surface area contributed by atoms with Crippen LogP contribution < -0.4 is 5.73 Å². The number of aromatic nitrogens is 1. The van der Waals surface area contributed by atoms with E-state index in [-0.39, 0.29) is 23.2 Å². The van der Waals surface area contributed by atoms with Crippen LogP contribution in [-0.2, 0) is 0 Å². The van der Waals surface area contributed by atoms with Crippen LogP contribution in [0.2, 0.25) is 0 Å². The van der Waals surface area contributed by atoms with E-state index in [1.165, 1.54) is 18.2 Å². The molecule has 1 heterocycles. The summed E-state index contributed by atoms with van der Waals surface area (Å²) in [5.41, 5.74) is 7.57. The average molecular weight is 304 g/mol. The maximum atomic E-state index is 14.0. The molecule has 6 heteroatoms. The molecule has 0 fully saturated rings. The minimum Gasteiger partial charge on any atom is -0.436 e. The Kier molecular flexibility index (Phi) is 3.58. The van der Waals surface area contributed by atoms with Crippen LogP contribution in [-0.4, -0.2) is 16.7 Å². The van der Waals surface area contributed by atoms with Crippen LogP contribution in [0.25, 0.3) is 22.6 Å². The molecule has 0 spiro atoms. The van der Waals surface area contributed by atoms with E-state index >= 15 is 0 Å². The van der Waals surface area contributed by atoms with E-state index in [1.54, 1.807) is 12.1 Å². The lowest BCUT2D eigenvalue weighted by Gasteiger charge is -2.01. The number of oxazole rings is 1. The zero-order valence-corrected chi connectivity index (χ0v) is 11.6. The summed E-state index contributed by atoms with van der Waals surface area (Å²) >= 11 is 5.58. The van der Waals surface area contributed by atoms with E-state index < -0.39 is 5.82 Å². The molecular formula is C15H11ClFN3O. The third-order valence-corrected chi connectivity index (χ3v) is 3.16. The van der Waals surface area contributed by atoms with Crippen molar-refractivity contribution >= 4 is 34.2 Å². The highest BCUT2D eigenvalue weighted by molar-refractivity contribution is 6.28. The highest BCUT2D eigenvalue weighted by Crippen LogP contribution is 2.29. The summed E-state index contributed by atoms with van der Waals surface area (Å²) in [6.07, 6.45) is 0. The van der Waals surface area contributed by atoms with Crippen molar-refractivity contribution in [2.24, 2.45) is 10.7 Å². The molecule has 3 rings (SSSR count). The quantitative estimate of drug-likeness (QED) is 0.454. The van der Waals surface area contributed by atoms with Crippen molar-refractivity contribution < 1.29 is 8.81 Å². The topological polar surface area (TPSA) is 64.4 Å². The fourth-order valence-electron chi connectivity index (χ4n) is 1.93. The van der Waals surface area contributed by atoms with Crippen LogP contribution >= 0.6 is 11.6 Å². The Hall–Kier alpha value is -2.40. The van der Waals surface area contributed by atoms with E-state index in [1.807, 2.05) is 12.1 Å². The summed E-state index contributed by atoms with van der Waals surface area (Å²) in [4.78, 5) is 8.36. The summed E-state index contributed by atoms with van der Waals surface area (Å²) in [5, 5.41) is 0. The Morgan fingerprint density at radius 3 is 2.86 bits per heavy atom. The fourth-order valence-corrected chi connectivity index (χ4v) is 1.99. The Morgan fingerprint density at radius 1 is 1.29 bits per heavy atom. The van der Waals surface area contributed by atoms with Gasteiger partial charge in [-0.15, -0.1) is 11.6 Å². The zero-order valence-electron chi connectivity index (χ0n) is 10.9. The second-order valence-electron chi connectivity index (χ2n) is 4.39. The third-order valence-electron chi connectivity index (χ3n) is 2.88. The number of halogens is 2. The number of fused-ring (bicyclic) bond motifs is 1. The normalized spacial score (nSPS) is 12.0. The Labute approximate surface area is 125 Å². The molecule has 0 bridgehead atoms. The number of alkyl halides is 1. The van der Waals surface area contributed by atoms with Gasteiger partial charge >= 0.3 is 0 Å². The Bertz CT molecular complexity index is 796. The van der Waals surface area contributed by atoms with Gasteiger partial charge in [-0.1, -0.05) is 12.1 Å². The van der Waals surface area contributed by atoms with E-state index in [9.17, 15) is 4.39 Å². The first-order chi connectivity index (χ1) is 10.2. The molecule has 2 aromatic carbocycles. The second kappa shape index (κ2) is 5.54. The van der Waals surface area contributed by atoms with Gasteiger partial charge in [-0.2, -0.15) is 0 Å². The molecule has 0 saturated heterocycles. The van der Waals surface area contributed by atoms with Gasteiger partial charge in [-0.05, 0) is 30.3 Å². The summed E-state index contributed by atoms with van der Waals surface area (Å²) in [6, 6.07) is 11.6. The maximum absolute atomic E-state index is 14.0. The molecule has 0 aliphatic heterocycles. The molecule has 0 radical (unpaired) electrons. The highest BCUT2D eigenvalue weighted by atomic mass is 35.5. The molecule has 0 unspecified atom stereocenters. The van der Waals surface area contributed by atoms with E-state index in [0.717, 1.165) is 0 Å². The van der Waals surface area contributed by atoms with E-state index in [4.69, 9.17) is 21.8 Å². The number of nitrogens with two attached hydrogens (primary N) is 1. The first-order valence-corrected chi connectivity index (χ1v) is 6.75. The predicted octanol–water partition coefficient (Wildman–Crippen LogP) is 3.86. The highest BCUT2D eigenvalue weighted by Gasteiger charge is 2.13. The molecule has 106 valence electrons. The maximum Gasteiger partial charge on any atom is 0.230 e. The van der Waals surface area contributed by atoms with Crippen molar-refractivity contribution in [3.8, 4) is 11.5 Å². The van der Waals surface area contributed by atoms with Crippen molar-refractivity contribution in [2.75, 3.05) is 5.88 Å². The van der Waals surface area contributed by atoms with Crippen LogP contribution in [0.15, 0.2) is 51.9 Å². The lowest BCUT2D eigenvalue weighted by Crippen LogP contribution is -2.12. The lowest BCUT2D eigenvalue weighted by molar-refractivity contribution is 0.593. The number of nitrogens with zero attached hydrogens (tertiary/aromatic N) is 2. The fraction of sp³-hybridized carbons (Fsp3) is 0.0667. The summed E-state index contributed by atoms with van der Waals surface area (Å²) in [7, 11) is 0. The first-order valence-electron chi connectivity index (χ1n) is 6.22. The molecule has 0 aliphatic carbocycles. The smallest absolute Gasteiger partial charge is 0.230 e. The first kappa shape index (κ1) is 13.6. The van der Waals surface area contributed by atoms with Crippen LogP contribution in [0.1, 0.15) is 0 Å². The molecule has 0 aliphatic rings. The van der Waals surface area contributed by atoms with Crippen LogP contribution in [0.4, 0.5) is 10.1 Å². The van der Waals surface area contributed by atoms with Crippen molar-refractivity contribution in [1.29, 1.82) is 0 Å². The average Bonchev–Trinajstić information content (AvgIpc) is 2.92. The standard InChI is InChI=1S/C15H11ClFN3O/c16-8-14(18)19-9-5-6-11(17)10(7-9)15-20-12-3-1-2-4-13(12)21-15/h1-7H,8H2,(H2,18,19). The van der Waals surface area contributed by atoms with Gasteiger partial charge in [0, 0.05) is 0 Å². The van der Waals surface area contributed by atoms with Crippen molar-refractivity contribution in [1.82, 2.24) is 4.98 Å². The van der Waals surface area contributed by atoms with Gasteiger partial charge in [0.05, 0.1) is 17.1 Å². The van der Waals surface area contributed by atoms with E-state index in [0.29, 0.717) is 16.8 Å². The minimum absolute atomic E-state index is 0.107. The molecule has 0 amide bonds. The number of hydrogen-bond acceptors (Lipinski definition) is 3. The predicted molar refractivity (Wildman–Crippen MR) is 81.4 cm³/mol. The number of para-hydroxylation sites is 2. The summed E-state index contributed by atoms with van der Waals surface area (Å²) in [6.45, 7) is 0. The molecule has 3 aromatic rings. The SMILES string of the molecule is NC(CCl)=Nc1ccc(F)c(-c2nc3ccccc3o2)c1. The molecular weight excluding hydrogens is 293 g/mol. The lowest BCUT2D eigenvalue weighted by atomic mass is 10.2. The zero-order chi connectivity index (χ0) is 14.8. The van der Waals surface area contributed by atoms with Gasteiger partial charge in [0.1, 0.15) is 17.2 Å². The van der Waals surface area contributed by atoms with E-state index in [2.05, 4.69) is 9.98 Å². The van der Waals surface area contributed by atoms with Gasteiger partial charge in [0.25, 0.3) is 0 Å². The second-order valence-corrected chi connectivity index (χ2v) is 4.65. The van der Waals surface area contributed by atoms with Gasteiger partial charge in [-0.25, -0.2) is 14.4 Å². The Balaban J connectivity index is 2.10. The number of rotatable bonds is 3. The van der Waals surface area contributed by atoms with Crippen molar-refractivity contribution in [3.63, 3.8) is 0 Å². The van der Waals surface area contributed by atoms with Gasteiger partial charge in [-0.3, -0.25) is 0 Å². The third kappa shape index (κ3) is 2.73. The van der Waals surface area contributed by atoms with Gasteiger partial charge in [0.15, 0.2) is 5.58 Å². The largest absolute Gasteiger partial charge is 0.436 e. The molecule has 0 saturated carbocycles. The van der Waals surface area contributed by atoms with Crippen LogP contribution in [0, 0.1) is 5.82 Å². The van der Waals surface area contributed by atoms with Crippen LogP contribution in [0.5, 0.6) is 0 Å². The molecule has 0 atom stereocenters. The molecule has 4 nitrogen and oxygen atoms in total. The van der Waals surface area contributed by atoms with Crippen molar-refractivity contribution in [3.05, 3.63) is 48.3 Å². The molecule has 2 N–H and O–H groups in total. The van der Waals surface area contributed by atoms with Crippen LogP contribution in [0.3, 0.4) is 0 Å².